The highest BCUT2D eigenvalue weighted by Gasteiger charge is 2.26. The van der Waals surface area contributed by atoms with Crippen molar-refractivity contribution >= 4 is 0 Å². The Labute approximate surface area is 112 Å². The van der Waals surface area contributed by atoms with E-state index in [1.807, 2.05) is 0 Å². The summed E-state index contributed by atoms with van der Waals surface area (Å²) in [6, 6.07) is 8.52. The number of hydrogen-bond donors (Lipinski definition) is 1. The first-order valence-electron chi connectivity index (χ1n) is 6.87. The summed E-state index contributed by atoms with van der Waals surface area (Å²) in [4.78, 5) is 4.49. The van der Waals surface area contributed by atoms with Gasteiger partial charge < -0.3 is 9.63 Å². The standard InChI is InChI=1S/C15H18N2O2/c18-8-4-3-7-14-16-15(17-19-14)13-9-11-5-1-2-6-12(11)10-13/h1-2,5-6,13,18H,3-4,7-10H2. The van der Waals surface area contributed by atoms with Gasteiger partial charge in [0.1, 0.15) is 0 Å². The predicted molar refractivity (Wildman–Crippen MR) is 70.9 cm³/mol. The molecule has 1 heterocycles. The number of aryl methyl sites for hydroxylation is 1. The highest BCUT2D eigenvalue weighted by molar-refractivity contribution is 5.34. The molecule has 0 amide bonds. The molecule has 0 saturated heterocycles. The number of fused-ring (bicyclic) bond motifs is 1. The molecular formula is C15H18N2O2. The molecule has 3 rings (SSSR count). The van der Waals surface area contributed by atoms with E-state index in [4.69, 9.17) is 9.63 Å². The molecule has 4 heteroatoms. The summed E-state index contributed by atoms with van der Waals surface area (Å²) < 4.78 is 5.28. The van der Waals surface area contributed by atoms with Crippen molar-refractivity contribution in [1.82, 2.24) is 10.1 Å². The molecular weight excluding hydrogens is 240 g/mol. The Bertz CT molecular complexity index is 526. The Hall–Kier alpha value is -1.68. The Morgan fingerprint density at radius 2 is 1.89 bits per heavy atom. The number of rotatable bonds is 5. The summed E-state index contributed by atoms with van der Waals surface area (Å²) in [7, 11) is 0. The summed E-state index contributed by atoms with van der Waals surface area (Å²) in [5.74, 6) is 1.88. The van der Waals surface area contributed by atoms with Gasteiger partial charge in [-0.05, 0) is 36.8 Å². The van der Waals surface area contributed by atoms with Crippen LogP contribution in [-0.2, 0) is 19.3 Å². The molecule has 1 aromatic heterocycles. The molecule has 0 radical (unpaired) electrons. The summed E-state index contributed by atoms with van der Waals surface area (Å²) >= 11 is 0. The van der Waals surface area contributed by atoms with Crippen LogP contribution >= 0.6 is 0 Å². The first kappa shape index (κ1) is 12.4. The Kier molecular flexibility index (Phi) is 3.60. The molecule has 4 nitrogen and oxygen atoms in total. The second-order valence-corrected chi connectivity index (χ2v) is 5.10. The van der Waals surface area contributed by atoms with Crippen molar-refractivity contribution in [2.75, 3.05) is 6.61 Å². The molecule has 0 saturated carbocycles. The monoisotopic (exact) mass is 258 g/mol. The maximum atomic E-state index is 8.76. The average Bonchev–Trinajstić information content (AvgIpc) is 3.04. The fraction of sp³-hybridized carbons (Fsp3) is 0.467. The van der Waals surface area contributed by atoms with Gasteiger partial charge in [0.05, 0.1) is 0 Å². The minimum absolute atomic E-state index is 0.221. The maximum absolute atomic E-state index is 8.76. The fourth-order valence-electron chi connectivity index (χ4n) is 2.66. The van der Waals surface area contributed by atoms with E-state index < -0.39 is 0 Å². The number of benzene rings is 1. The van der Waals surface area contributed by atoms with Crippen LogP contribution in [0.2, 0.25) is 0 Å². The average molecular weight is 258 g/mol. The summed E-state index contributed by atoms with van der Waals surface area (Å²) in [5.41, 5.74) is 2.80. The summed E-state index contributed by atoms with van der Waals surface area (Å²) in [6.07, 6.45) is 4.44. The molecule has 0 unspecified atom stereocenters. The third-order valence-corrected chi connectivity index (χ3v) is 3.70. The smallest absolute Gasteiger partial charge is 0.226 e. The van der Waals surface area contributed by atoms with Gasteiger partial charge in [0.15, 0.2) is 5.82 Å². The van der Waals surface area contributed by atoms with Crippen LogP contribution in [0.3, 0.4) is 0 Å². The zero-order valence-corrected chi connectivity index (χ0v) is 10.9. The summed E-state index contributed by atoms with van der Waals surface area (Å²) in [6.45, 7) is 0.221. The van der Waals surface area contributed by atoms with E-state index in [1.165, 1.54) is 11.1 Å². The molecule has 2 aromatic rings. The molecule has 1 aliphatic carbocycles. The first-order chi connectivity index (χ1) is 9.36. The molecule has 0 bridgehead atoms. The lowest BCUT2D eigenvalue weighted by Crippen LogP contribution is -2.00. The van der Waals surface area contributed by atoms with E-state index in [-0.39, 0.29) is 6.61 Å². The fourth-order valence-corrected chi connectivity index (χ4v) is 2.66. The normalized spacial score (nSPS) is 14.8. The van der Waals surface area contributed by atoms with Crippen LogP contribution in [0.1, 0.15) is 41.6 Å². The minimum atomic E-state index is 0.221. The van der Waals surface area contributed by atoms with Gasteiger partial charge in [0, 0.05) is 18.9 Å². The summed E-state index contributed by atoms with van der Waals surface area (Å²) in [5, 5.41) is 12.9. The maximum Gasteiger partial charge on any atom is 0.226 e. The number of aromatic nitrogens is 2. The topological polar surface area (TPSA) is 59.2 Å². The van der Waals surface area contributed by atoms with Gasteiger partial charge in [-0.1, -0.05) is 29.4 Å². The van der Waals surface area contributed by atoms with Crippen molar-refractivity contribution in [2.24, 2.45) is 0 Å². The zero-order valence-electron chi connectivity index (χ0n) is 10.9. The van der Waals surface area contributed by atoms with Crippen LogP contribution in [-0.4, -0.2) is 21.9 Å². The van der Waals surface area contributed by atoms with Crippen molar-refractivity contribution in [1.29, 1.82) is 0 Å². The third kappa shape index (κ3) is 2.68. The van der Waals surface area contributed by atoms with Crippen molar-refractivity contribution in [3.05, 3.63) is 47.1 Å². The second-order valence-electron chi connectivity index (χ2n) is 5.10. The first-order valence-corrected chi connectivity index (χ1v) is 6.87. The van der Waals surface area contributed by atoms with Crippen LogP contribution < -0.4 is 0 Å². The van der Waals surface area contributed by atoms with Crippen LogP contribution in [0.5, 0.6) is 0 Å². The highest BCUT2D eigenvalue weighted by Crippen LogP contribution is 2.32. The molecule has 0 spiro atoms. The minimum Gasteiger partial charge on any atom is -0.396 e. The van der Waals surface area contributed by atoms with Crippen molar-refractivity contribution in [3.8, 4) is 0 Å². The second kappa shape index (κ2) is 5.53. The van der Waals surface area contributed by atoms with Crippen LogP contribution in [0, 0.1) is 0 Å². The molecule has 0 atom stereocenters. The number of aliphatic hydroxyl groups excluding tert-OH is 1. The van der Waals surface area contributed by atoms with Crippen LogP contribution in [0.25, 0.3) is 0 Å². The predicted octanol–water partition coefficient (Wildman–Crippen LogP) is 2.27. The molecule has 1 aliphatic rings. The van der Waals surface area contributed by atoms with E-state index in [1.54, 1.807) is 0 Å². The molecule has 19 heavy (non-hydrogen) atoms. The van der Waals surface area contributed by atoms with Crippen molar-refractivity contribution < 1.29 is 9.63 Å². The van der Waals surface area contributed by atoms with E-state index in [9.17, 15) is 0 Å². The van der Waals surface area contributed by atoms with Gasteiger partial charge in [-0.25, -0.2) is 0 Å². The number of aliphatic hydroxyl groups is 1. The molecule has 0 fully saturated rings. The lowest BCUT2D eigenvalue weighted by Gasteiger charge is -2.00. The van der Waals surface area contributed by atoms with E-state index in [0.717, 1.165) is 37.9 Å². The number of nitrogens with zero attached hydrogens (tertiary/aromatic N) is 2. The number of hydrogen-bond acceptors (Lipinski definition) is 4. The Balaban J connectivity index is 1.65. The molecule has 100 valence electrons. The lowest BCUT2D eigenvalue weighted by atomic mass is 10.1. The Morgan fingerprint density at radius 1 is 1.16 bits per heavy atom. The van der Waals surface area contributed by atoms with Crippen LogP contribution in [0.15, 0.2) is 28.8 Å². The van der Waals surface area contributed by atoms with E-state index in [2.05, 4.69) is 34.4 Å². The molecule has 1 N–H and O–H groups in total. The van der Waals surface area contributed by atoms with Gasteiger partial charge in [0.25, 0.3) is 0 Å². The third-order valence-electron chi connectivity index (χ3n) is 3.70. The van der Waals surface area contributed by atoms with Crippen LogP contribution in [0.4, 0.5) is 0 Å². The zero-order chi connectivity index (χ0) is 13.1. The van der Waals surface area contributed by atoms with Gasteiger partial charge in [0.2, 0.25) is 5.89 Å². The van der Waals surface area contributed by atoms with Gasteiger partial charge in [-0.3, -0.25) is 0 Å². The van der Waals surface area contributed by atoms with Gasteiger partial charge in [-0.2, -0.15) is 4.98 Å². The lowest BCUT2D eigenvalue weighted by molar-refractivity contribution is 0.280. The van der Waals surface area contributed by atoms with E-state index in [0.29, 0.717) is 11.8 Å². The van der Waals surface area contributed by atoms with E-state index >= 15 is 0 Å². The molecule has 1 aromatic carbocycles. The number of unbranched alkanes of at least 4 members (excludes halogenated alkanes) is 1. The van der Waals surface area contributed by atoms with Gasteiger partial charge >= 0.3 is 0 Å². The Morgan fingerprint density at radius 3 is 2.58 bits per heavy atom. The molecule has 0 aliphatic heterocycles. The van der Waals surface area contributed by atoms with Crippen molar-refractivity contribution in [2.45, 2.75) is 38.0 Å². The SMILES string of the molecule is OCCCCc1nc(C2Cc3ccccc3C2)no1. The largest absolute Gasteiger partial charge is 0.396 e. The quantitative estimate of drug-likeness (QED) is 0.836. The van der Waals surface area contributed by atoms with Crippen molar-refractivity contribution in [3.63, 3.8) is 0 Å². The highest BCUT2D eigenvalue weighted by atomic mass is 16.5. The van der Waals surface area contributed by atoms with Gasteiger partial charge in [-0.15, -0.1) is 0 Å².